The number of carbonyl (C=O) groups is 2. The molecule has 0 fully saturated rings. The number of aliphatic carboxylic acids is 2. The van der Waals surface area contributed by atoms with Gasteiger partial charge in [-0.1, -0.05) is 19.1 Å². The van der Waals surface area contributed by atoms with Crippen LogP contribution in [0.3, 0.4) is 0 Å². The summed E-state index contributed by atoms with van der Waals surface area (Å²) in [6.07, 6.45) is 0.273. The molecule has 112 valence electrons. The molecule has 0 aliphatic carbocycles. The van der Waals surface area contributed by atoms with Crippen LogP contribution in [0, 0.1) is 5.92 Å². The third-order valence-electron chi connectivity index (χ3n) is 2.48. The van der Waals surface area contributed by atoms with Gasteiger partial charge in [0.1, 0.15) is 11.8 Å². The largest absolute Gasteiger partial charge is 0.508 e. The second-order valence-corrected chi connectivity index (χ2v) is 4.29. The van der Waals surface area contributed by atoms with Crippen molar-refractivity contribution in [1.29, 1.82) is 0 Å². The second-order valence-electron chi connectivity index (χ2n) is 4.29. The summed E-state index contributed by atoms with van der Waals surface area (Å²) < 4.78 is 0. The maximum Gasteiger partial charge on any atom is 0.320 e. The number of carboxylic acid groups (broad SMARTS) is 2. The average Bonchev–Trinajstić information content (AvgIpc) is 2.40. The molecule has 1 aromatic rings. The molecule has 0 aliphatic heterocycles. The fourth-order valence-corrected chi connectivity index (χ4v) is 1.07. The summed E-state index contributed by atoms with van der Waals surface area (Å²) in [5.74, 6) is -2.09. The van der Waals surface area contributed by atoms with Gasteiger partial charge in [-0.2, -0.15) is 0 Å². The van der Waals surface area contributed by atoms with E-state index in [0.717, 1.165) is 5.56 Å². The summed E-state index contributed by atoms with van der Waals surface area (Å²) in [5, 5.41) is 25.6. The molecule has 20 heavy (non-hydrogen) atoms. The monoisotopic (exact) mass is 284 g/mol. The highest BCUT2D eigenvalue weighted by Gasteiger charge is 2.11. The van der Waals surface area contributed by atoms with Gasteiger partial charge in [0.05, 0.1) is 5.92 Å². The van der Waals surface area contributed by atoms with Crippen LogP contribution in [0.5, 0.6) is 5.75 Å². The third kappa shape index (κ3) is 7.34. The zero-order valence-corrected chi connectivity index (χ0v) is 11.2. The van der Waals surface area contributed by atoms with E-state index in [1.165, 1.54) is 12.1 Å². The number of benzene rings is 1. The van der Waals surface area contributed by atoms with E-state index in [1.807, 2.05) is 0 Å². The van der Waals surface area contributed by atoms with Crippen LogP contribution in [0.2, 0.25) is 0 Å². The van der Waals surface area contributed by atoms with Crippen molar-refractivity contribution >= 4 is 11.9 Å². The Morgan fingerprint density at radius 1 is 1.15 bits per heavy atom. The van der Waals surface area contributed by atoms with Crippen molar-refractivity contribution < 1.29 is 24.9 Å². The molecule has 1 aromatic carbocycles. The van der Waals surface area contributed by atoms with Crippen molar-refractivity contribution in [1.82, 2.24) is 0 Å². The minimum atomic E-state index is -1.02. The van der Waals surface area contributed by atoms with Crippen LogP contribution in [0.25, 0.3) is 0 Å². The topological polar surface area (TPSA) is 147 Å². The van der Waals surface area contributed by atoms with Crippen LogP contribution >= 0.6 is 0 Å². The Kier molecular flexibility index (Phi) is 7.95. The number of phenolic OH excluding ortho intramolecular Hbond substituents is 1. The normalized spacial score (nSPS) is 12.8. The number of hydrogen-bond acceptors (Lipinski definition) is 5. The minimum Gasteiger partial charge on any atom is -0.508 e. The summed E-state index contributed by atoms with van der Waals surface area (Å²) in [6, 6.07) is 5.42. The molecule has 0 aliphatic rings. The van der Waals surface area contributed by atoms with E-state index in [0.29, 0.717) is 0 Å². The molecule has 0 bridgehead atoms. The smallest absolute Gasteiger partial charge is 0.320 e. The van der Waals surface area contributed by atoms with Gasteiger partial charge in [0.2, 0.25) is 0 Å². The molecular weight excluding hydrogens is 264 g/mol. The molecule has 0 saturated carbocycles. The number of rotatable bonds is 5. The van der Waals surface area contributed by atoms with Crippen LogP contribution in [-0.2, 0) is 16.0 Å². The Hall–Kier alpha value is -2.12. The second kappa shape index (κ2) is 8.89. The van der Waals surface area contributed by atoms with Crippen molar-refractivity contribution in [3.8, 4) is 5.75 Å². The highest BCUT2D eigenvalue weighted by atomic mass is 16.4. The Morgan fingerprint density at radius 2 is 1.65 bits per heavy atom. The fourth-order valence-electron chi connectivity index (χ4n) is 1.07. The van der Waals surface area contributed by atoms with Crippen LogP contribution < -0.4 is 11.5 Å². The van der Waals surface area contributed by atoms with E-state index in [4.69, 9.17) is 26.8 Å². The van der Waals surface area contributed by atoms with Gasteiger partial charge in [0.15, 0.2) is 0 Å². The van der Waals surface area contributed by atoms with Crippen molar-refractivity contribution in [2.45, 2.75) is 19.4 Å². The fraction of sp³-hybridized carbons (Fsp3) is 0.385. The standard InChI is InChI=1S/C9H11NO3.C4H9NO2/c10-8(9(12)13)5-6-1-3-7(11)4-2-6;1-3(2-5)4(6)7/h1-4,8,11H,5,10H2,(H,12,13);3H,2,5H2,1H3,(H,6,7)/t8-;/m0./s1. The number of hydrogen-bond donors (Lipinski definition) is 5. The molecule has 7 heteroatoms. The van der Waals surface area contributed by atoms with Gasteiger partial charge in [0, 0.05) is 6.54 Å². The lowest BCUT2D eigenvalue weighted by Crippen LogP contribution is -2.32. The maximum atomic E-state index is 10.4. The Morgan fingerprint density at radius 3 is 1.95 bits per heavy atom. The van der Waals surface area contributed by atoms with Crippen LogP contribution in [0.1, 0.15) is 12.5 Å². The molecule has 0 aromatic heterocycles. The first-order valence-corrected chi connectivity index (χ1v) is 5.97. The maximum absolute atomic E-state index is 10.4. The summed E-state index contributed by atoms with van der Waals surface area (Å²) in [6.45, 7) is 1.79. The molecule has 2 atom stereocenters. The molecule has 0 spiro atoms. The molecular formula is C13H20N2O5. The molecule has 0 heterocycles. The first kappa shape index (κ1) is 17.9. The average molecular weight is 284 g/mol. The lowest BCUT2D eigenvalue weighted by molar-refractivity contribution is -0.141. The molecule has 7 nitrogen and oxygen atoms in total. The first-order valence-electron chi connectivity index (χ1n) is 5.97. The lowest BCUT2D eigenvalue weighted by Gasteiger charge is -2.05. The van der Waals surface area contributed by atoms with E-state index in [-0.39, 0.29) is 18.7 Å². The van der Waals surface area contributed by atoms with Gasteiger partial charge in [-0.05, 0) is 24.1 Å². The van der Waals surface area contributed by atoms with E-state index >= 15 is 0 Å². The predicted octanol–water partition coefficient (Wildman–Crippen LogP) is 0.0124. The van der Waals surface area contributed by atoms with Crippen LogP contribution in [0.4, 0.5) is 0 Å². The van der Waals surface area contributed by atoms with E-state index in [2.05, 4.69) is 0 Å². The van der Waals surface area contributed by atoms with E-state index in [1.54, 1.807) is 19.1 Å². The molecule has 1 rings (SSSR count). The molecule has 1 unspecified atom stereocenters. The van der Waals surface area contributed by atoms with Crippen molar-refractivity contribution in [3.05, 3.63) is 29.8 Å². The molecule has 0 saturated heterocycles. The molecule has 0 radical (unpaired) electrons. The van der Waals surface area contributed by atoms with E-state index in [9.17, 15) is 9.59 Å². The van der Waals surface area contributed by atoms with Crippen LogP contribution in [-0.4, -0.2) is 39.8 Å². The quantitative estimate of drug-likeness (QED) is 0.511. The number of aromatic hydroxyl groups is 1. The van der Waals surface area contributed by atoms with Crippen molar-refractivity contribution in [2.75, 3.05) is 6.54 Å². The first-order chi connectivity index (χ1) is 9.27. The Bertz CT molecular complexity index is 433. The SMILES string of the molecule is CC(CN)C(=O)O.N[C@@H](Cc1ccc(O)cc1)C(=O)O. The Balaban J connectivity index is 0.000000441. The van der Waals surface area contributed by atoms with Gasteiger partial charge < -0.3 is 26.8 Å². The van der Waals surface area contributed by atoms with Crippen molar-refractivity contribution in [3.63, 3.8) is 0 Å². The number of nitrogens with two attached hydrogens (primary N) is 2. The van der Waals surface area contributed by atoms with Crippen LogP contribution in [0.15, 0.2) is 24.3 Å². The zero-order chi connectivity index (χ0) is 15.7. The Labute approximate surface area is 116 Å². The molecule has 7 N–H and O–H groups in total. The highest BCUT2D eigenvalue weighted by molar-refractivity contribution is 5.73. The number of phenols is 1. The summed E-state index contributed by atoms with van der Waals surface area (Å²) in [5.41, 5.74) is 11.1. The minimum absolute atomic E-state index is 0.160. The number of carboxylic acids is 2. The zero-order valence-electron chi connectivity index (χ0n) is 11.2. The summed E-state index contributed by atoms with van der Waals surface area (Å²) >= 11 is 0. The summed E-state index contributed by atoms with van der Waals surface area (Å²) in [4.78, 5) is 20.2. The predicted molar refractivity (Wildman–Crippen MR) is 73.3 cm³/mol. The lowest BCUT2D eigenvalue weighted by atomic mass is 10.1. The summed E-state index contributed by atoms with van der Waals surface area (Å²) in [7, 11) is 0. The van der Waals surface area contributed by atoms with Gasteiger partial charge in [-0.15, -0.1) is 0 Å². The van der Waals surface area contributed by atoms with Gasteiger partial charge in [-0.25, -0.2) is 0 Å². The molecule has 0 amide bonds. The van der Waals surface area contributed by atoms with Gasteiger partial charge >= 0.3 is 11.9 Å². The van der Waals surface area contributed by atoms with Gasteiger partial charge in [-0.3, -0.25) is 9.59 Å². The van der Waals surface area contributed by atoms with Crippen molar-refractivity contribution in [2.24, 2.45) is 17.4 Å². The van der Waals surface area contributed by atoms with Gasteiger partial charge in [0.25, 0.3) is 0 Å². The van der Waals surface area contributed by atoms with E-state index < -0.39 is 23.9 Å². The highest BCUT2D eigenvalue weighted by Crippen LogP contribution is 2.10. The third-order valence-corrected chi connectivity index (χ3v) is 2.48.